The number of benzene rings is 1. The predicted molar refractivity (Wildman–Crippen MR) is 122 cm³/mol. The molecule has 1 aromatic carbocycles. The molecule has 0 spiro atoms. The van der Waals surface area contributed by atoms with Crippen molar-refractivity contribution in [1.29, 1.82) is 0 Å². The highest BCUT2D eigenvalue weighted by atomic mass is 32.2. The normalized spacial score (nSPS) is 14.4. The van der Waals surface area contributed by atoms with E-state index in [1.54, 1.807) is 0 Å². The summed E-state index contributed by atoms with van der Waals surface area (Å²) >= 11 is 1.42. The Balaban J connectivity index is 1.62. The minimum atomic E-state index is 0.0650. The first-order chi connectivity index (χ1) is 14.7. The van der Waals surface area contributed by atoms with Gasteiger partial charge in [0.05, 0.1) is 12.4 Å². The minimum absolute atomic E-state index is 0.0650. The Bertz CT molecular complexity index is 813. The minimum Gasteiger partial charge on any atom is -0.494 e. The highest BCUT2D eigenvalue weighted by Gasteiger charge is 2.18. The van der Waals surface area contributed by atoms with Crippen LogP contribution in [-0.2, 0) is 11.3 Å². The number of rotatable bonds is 11. The SMILES string of the molecule is C=CCn1c(SCC(=O)NC2CCCCC2)nnc1-c1ccc(OCCCC)cc1. The van der Waals surface area contributed by atoms with Crippen molar-refractivity contribution in [1.82, 2.24) is 20.1 Å². The zero-order valence-electron chi connectivity index (χ0n) is 17.8. The van der Waals surface area contributed by atoms with Gasteiger partial charge in [-0.1, -0.05) is 50.4 Å². The molecular weight excluding hydrogens is 396 g/mol. The van der Waals surface area contributed by atoms with Gasteiger partial charge in [-0.2, -0.15) is 0 Å². The average Bonchev–Trinajstić information content (AvgIpc) is 3.16. The van der Waals surface area contributed by atoms with Crippen LogP contribution in [0.4, 0.5) is 0 Å². The van der Waals surface area contributed by atoms with Crippen LogP contribution in [0.5, 0.6) is 5.75 Å². The summed E-state index contributed by atoms with van der Waals surface area (Å²) in [4.78, 5) is 12.4. The summed E-state index contributed by atoms with van der Waals surface area (Å²) < 4.78 is 7.74. The Morgan fingerprint density at radius 1 is 1.27 bits per heavy atom. The van der Waals surface area contributed by atoms with Gasteiger partial charge in [0.2, 0.25) is 5.91 Å². The maximum atomic E-state index is 12.4. The molecule has 1 fully saturated rings. The number of thioether (sulfide) groups is 1. The number of amides is 1. The molecule has 30 heavy (non-hydrogen) atoms. The summed E-state index contributed by atoms with van der Waals surface area (Å²) in [5.74, 6) is 2.03. The van der Waals surface area contributed by atoms with Crippen LogP contribution < -0.4 is 10.1 Å². The van der Waals surface area contributed by atoms with Crippen LogP contribution in [0.3, 0.4) is 0 Å². The molecule has 1 heterocycles. The number of aromatic nitrogens is 3. The molecule has 1 N–H and O–H groups in total. The lowest BCUT2D eigenvalue weighted by atomic mass is 9.95. The van der Waals surface area contributed by atoms with Gasteiger partial charge in [0.1, 0.15) is 5.75 Å². The highest BCUT2D eigenvalue weighted by molar-refractivity contribution is 7.99. The number of hydrogen-bond donors (Lipinski definition) is 1. The standard InChI is InChI=1S/C23H32N4O2S/c1-3-5-16-29-20-13-11-18(12-14-20)22-25-26-23(27(22)15-4-2)30-17-21(28)24-19-9-7-6-8-10-19/h4,11-14,19H,2-3,5-10,15-17H2,1H3,(H,24,28). The van der Waals surface area contributed by atoms with Crippen LogP contribution in [0.2, 0.25) is 0 Å². The molecule has 1 saturated carbocycles. The Morgan fingerprint density at radius 2 is 2.03 bits per heavy atom. The van der Waals surface area contributed by atoms with Crippen LogP contribution in [0.15, 0.2) is 42.1 Å². The maximum Gasteiger partial charge on any atom is 0.230 e. The van der Waals surface area contributed by atoms with E-state index in [9.17, 15) is 4.79 Å². The summed E-state index contributed by atoms with van der Waals surface area (Å²) in [7, 11) is 0. The summed E-state index contributed by atoms with van der Waals surface area (Å²) in [6, 6.07) is 8.24. The lowest BCUT2D eigenvalue weighted by Crippen LogP contribution is -2.37. The van der Waals surface area contributed by atoms with E-state index in [0.717, 1.165) is 54.6 Å². The van der Waals surface area contributed by atoms with E-state index < -0.39 is 0 Å². The lowest BCUT2D eigenvalue weighted by Gasteiger charge is -2.22. The zero-order valence-corrected chi connectivity index (χ0v) is 18.6. The molecule has 0 saturated heterocycles. The van der Waals surface area contributed by atoms with Crippen molar-refractivity contribution >= 4 is 17.7 Å². The van der Waals surface area contributed by atoms with Crippen LogP contribution in [0, 0.1) is 0 Å². The van der Waals surface area contributed by atoms with Gasteiger partial charge in [-0.15, -0.1) is 16.8 Å². The van der Waals surface area contributed by atoms with Gasteiger partial charge in [0, 0.05) is 18.2 Å². The zero-order chi connectivity index (χ0) is 21.2. The fourth-order valence-corrected chi connectivity index (χ4v) is 4.34. The molecule has 3 rings (SSSR count). The quantitative estimate of drug-likeness (QED) is 0.315. The third-order valence-electron chi connectivity index (χ3n) is 5.21. The number of nitrogens with one attached hydrogen (secondary N) is 1. The Morgan fingerprint density at radius 3 is 2.73 bits per heavy atom. The number of unbranched alkanes of at least 4 members (excludes halogenated alkanes) is 1. The van der Waals surface area contributed by atoms with Gasteiger partial charge >= 0.3 is 0 Å². The van der Waals surface area contributed by atoms with E-state index in [1.807, 2.05) is 34.9 Å². The van der Waals surface area contributed by atoms with E-state index in [2.05, 4.69) is 29.0 Å². The molecule has 0 radical (unpaired) electrons. The van der Waals surface area contributed by atoms with Crippen LogP contribution >= 0.6 is 11.8 Å². The smallest absolute Gasteiger partial charge is 0.230 e. The van der Waals surface area contributed by atoms with Crippen LogP contribution in [0.25, 0.3) is 11.4 Å². The monoisotopic (exact) mass is 428 g/mol. The predicted octanol–water partition coefficient (Wildman–Crippen LogP) is 4.85. The Hall–Kier alpha value is -2.28. The molecule has 0 bridgehead atoms. The van der Waals surface area contributed by atoms with Crippen molar-refractivity contribution in [3.63, 3.8) is 0 Å². The molecule has 1 aliphatic rings. The molecular formula is C23H32N4O2S. The molecule has 0 aliphatic heterocycles. The van der Waals surface area contributed by atoms with Crippen LogP contribution in [0.1, 0.15) is 51.9 Å². The van der Waals surface area contributed by atoms with Gasteiger partial charge in [0.25, 0.3) is 0 Å². The largest absolute Gasteiger partial charge is 0.494 e. The summed E-state index contributed by atoms with van der Waals surface area (Å²) in [6.45, 7) is 7.32. The highest BCUT2D eigenvalue weighted by Crippen LogP contribution is 2.26. The van der Waals surface area contributed by atoms with Gasteiger partial charge < -0.3 is 10.1 Å². The Labute approximate surface area is 183 Å². The van der Waals surface area contributed by atoms with Gasteiger partial charge in [0.15, 0.2) is 11.0 Å². The number of nitrogens with zero attached hydrogens (tertiary/aromatic N) is 3. The number of hydrogen-bond acceptors (Lipinski definition) is 5. The molecule has 1 aromatic heterocycles. The first-order valence-corrected chi connectivity index (χ1v) is 11.9. The molecule has 1 amide bonds. The fraction of sp³-hybridized carbons (Fsp3) is 0.522. The summed E-state index contributed by atoms with van der Waals surface area (Å²) in [5.41, 5.74) is 0.964. The van der Waals surface area contributed by atoms with Gasteiger partial charge in [-0.3, -0.25) is 9.36 Å². The Kier molecular flexibility index (Phi) is 8.81. The second-order valence-corrected chi connectivity index (χ2v) is 8.57. The number of allylic oxidation sites excluding steroid dienone is 1. The molecule has 0 unspecified atom stereocenters. The topological polar surface area (TPSA) is 69.0 Å². The van der Waals surface area contributed by atoms with Crippen molar-refractivity contribution in [3.05, 3.63) is 36.9 Å². The average molecular weight is 429 g/mol. The molecule has 162 valence electrons. The van der Waals surface area contributed by atoms with Crippen molar-refractivity contribution in [3.8, 4) is 17.1 Å². The molecule has 6 nitrogen and oxygen atoms in total. The van der Waals surface area contributed by atoms with E-state index >= 15 is 0 Å². The third kappa shape index (κ3) is 6.36. The van der Waals surface area contributed by atoms with Crippen molar-refractivity contribution < 1.29 is 9.53 Å². The summed E-state index contributed by atoms with van der Waals surface area (Å²) in [5, 5.41) is 12.6. The maximum absolute atomic E-state index is 12.4. The number of carbonyl (C=O) groups is 1. The molecule has 1 aliphatic carbocycles. The van der Waals surface area contributed by atoms with Crippen molar-refractivity contribution in [2.45, 2.75) is 69.6 Å². The second kappa shape index (κ2) is 11.8. The van der Waals surface area contributed by atoms with Crippen molar-refractivity contribution in [2.75, 3.05) is 12.4 Å². The first-order valence-electron chi connectivity index (χ1n) is 10.9. The molecule has 2 aromatic rings. The van der Waals surface area contributed by atoms with Gasteiger partial charge in [-0.05, 0) is 43.5 Å². The first kappa shape index (κ1) is 22.4. The van der Waals surface area contributed by atoms with Crippen molar-refractivity contribution in [2.24, 2.45) is 0 Å². The van der Waals surface area contributed by atoms with Crippen LogP contribution in [-0.4, -0.2) is 39.1 Å². The lowest BCUT2D eigenvalue weighted by molar-refractivity contribution is -0.119. The van der Waals surface area contributed by atoms with E-state index in [0.29, 0.717) is 18.3 Å². The number of carbonyl (C=O) groups excluding carboxylic acids is 1. The number of ether oxygens (including phenoxy) is 1. The van der Waals surface area contributed by atoms with E-state index in [1.165, 1.54) is 31.0 Å². The molecule has 7 heteroatoms. The van der Waals surface area contributed by atoms with Gasteiger partial charge in [-0.25, -0.2) is 0 Å². The molecule has 0 atom stereocenters. The fourth-order valence-electron chi connectivity index (χ4n) is 3.58. The third-order valence-corrected chi connectivity index (χ3v) is 6.18. The van der Waals surface area contributed by atoms with E-state index in [-0.39, 0.29) is 5.91 Å². The summed E-state index contributed by atoms with van der Waals surface area (Å²) in [6.07, 6.45) is 9.85. The van der Waals surface area contributed by atoms with E-state index in [4.69, 9.17) is 4.74 Å². The second-order valence-electron chi connectivity index (χ2n) is 7.62.